The average molecular weight is 339 g/mol. The monoisotopic (exact) mass is 338 g/mol. The van der Waals surface area contributed by atoms with Crippen molar-refractivity contribution in [2.75, 3.05) is 0 Å². The topological polar surface area (TPSA) is 20.2 Å². The van der Waals surface area contributed by atoms with Gasteiger partial charge in [-0.25, -0.2) is 0 Å². The fourth-order valence-electron chi connectivity index (χ4n) is 3.63. The maximum atomic E-state index is 10.4. The normalized spacial score (nSPS) is 12.5. The SMILES string of the molecule is Cc1cc(C)c(C(C)(C)C)cc1Cc1cc(C(C)(C)C)c(O)cc1C. The molecule has 0 saturated heterocycles. The van der Waals surface area contributed by atoms with Crippen LogP contribution in [0.5, 0.6) is 5.75 Å². The van der Waals surface area contributed by atoms with E-state index in [1.165, 1.54) is 27.8 Å². The molecule has 0 aliphatic rings. The van der Waals surface area contributed by atoms with E-state index in [0.717, 1.165) is 17.5 Å². The van der Waals surface area contributed by atoms with Crippen LogP contribution in [0.2, 0.25) is 0 Å². The van der Waals surface area contributed by atoms with Crippen LogP contribution in [0.15, 0.2) is 24.3 Å². The molecule has 25 heavy (non-hydrogen) atoms. The Labute approximate surface area is 154 Å². The third kappa shape index (κ3) is 4.26. The molecule has 0 heterocycles. The molecule has 2 aromatic carbocycles. The molecule has 0 unspecified atom stereocenters. The van der Waals surface area contributed by atoms with Crippen molar-refractivity contribution in [3.8, 4) is 5.75 Å². The van der Waals surface area contributed by atoms with Gasteiger partial charge < -0.3 is 5.11 Å². The summed E-state index contributed by atoms with van der Waals surface area (Å²) in [5.41, 5.74) is 9.07. The Hall–Kier alpha value is -1.76. The Morgan fingerprint density at radius 1 is 0.640 bits per heavy atom. The van der Waals surface area contributed by atoms with Crippen LogP contribution in [-0.4, -0.2) is 5.11 Å². The smallest absolute Gasteiger partial charge is 0.119 e. The fraction of sp³-hybridized carbons (Fsp3) is 0.500. The Morgan fingerprint density at radius 2 is 1.08 bits per heavy atom. The second-order valence-electron chi connectivity index (χ2n) is 9.57. The lowest BCUT2D eigenvalue weighted by atomic mass is 9.80. The van der Waals surface area contributed by atoms with Gasteiger partial charge in [-0.05, 0) is 83.0 Å². The average Bonchev–Trinajstić information content (AvgIpc) is 2.41. The third-order valence-electron chi connectivity index (χ3n) is 5.13. The maximum absolute atomic E-state index is 10.4. The van der Waals surface area contributed by atoms with Gasteiger partial charge in [-0.15, -0.1) is 0 Å². The molecule has 0 bridgehead atoms. The largest absolute Gasteiger partial charge is 0.508 e. The lowest BCUT2D eigenvalue weighted by molar-refractivity contribution is 0.446. The molecule has 1 heteroatoms. The summed E-state index contributed by atoms with van der Waals surface area (Å²) in [6.07, 6.45) is 0.907. The van der Waals surface area contributed by atoms with Crippen LogP contribution in [0.25, 0.3) is 0 Å². The summed E-state index contributed by atoms with van der Waals surface area (Å²) in [5, 5.41) is 10.4. The zero-order valence-electron chi connectivity index (χ0n) is 17.5. The van der Waals surface area contributed by atoms with E-state index in [2.05, 4.69) is 80.5 Å². The van der Waals surface area contributed by atoms with Crippen LogP contribution in [0, 0.1) is 20.8 Å². The minimum atomic E-state index is -0.0641. The zero-order chi connectivity index (χ0) is 19.2. The van der Waals surface area contributed by atoms with E-state index in [9.17, 15) is 5.11 Å². The van der Waals surface area contributed by atoms with Crippen molar-refractivity contribution in [2.24, 2.45) is 0 Å². The van der Waals surface area contributed by atoms with Crippen molar-refractivity contribution in [3.63, 3.8) is 0 Å². The molecular formula is C24H34O. The highest BCUT2D eigenvalue weighted by Gasteiger charge is 2.21. The quantitative estimate of drug-likeness (QED) is 0.662. The van der Waals surface area contributed by atoms with Crippen molar-refractivity contribution in [3.05, 3.63) is 63.2 Å². The first-order valence-electron chi connectivity index (χ1n) is 9.24. The van der Waals surface area contributed by atoms with Gasteiger partial charge in [0.2, 0.25) is 0 Å². The van der Waals surface area contributed by atoms with Crippen molar-refractivity contribution in [1.29, 1.82) is 0 Å². The van der Waals surface area contributed by atoms with E-state index in [-0.39, 0.29) is 10.8 Å². The van der Waals surface area contributed by atoms with E-state index in [1.807, 2.05) is 6.07 Å². The first kappa shape index (κ1) is 19.6. The summed E-state index contributed by atoms with van der Waals surface area (Å²) in [6.45, 7) is 19.8. The molecule has 0 aliphatic heterocycles. The highest BCUT2D eigenvalue weighted by atomic mass is 16.3. The summed E-state index contributed by atoms with van der Waals surface area (Å²) in [6, 6.07) is 8.81. The molecule has 1 N–H and O–H groups in total. The summed E-state index contributed by atoms with van der Waals surface area (Å²) in [7, 11) is 0. The molecule has 0 aliphatic carbocycles. The number of benzene rings is 2. The number of aryl methyl sites for hydroxylation is 3. The summed E-state index contributed by atoms with van der Waals surface area (Å²) < 4.78 is 0. The summed E-state index contributed by atoms with van der Waals surface area (Å²) in [5.74, 6) is 0.407. The highest BCUT2D eigenvalue weighted by molar-refractivity contribution is 5.48. The summed E-state index contributed by atoms with van der Waals surface area (Å²) in [4.78, 5) is 0. The van der Waals surface area contributed by atoms with Crippen LogP contribution >= 0.6 is 0 Å². The zero-order valence-corrected chi connectivity index (χ0v) is 17.5. The van der Waals surface area contributed by atoms with Crippen molar-refractivity contribution in [1.82, 2.24) is 0 Å². The van der Waals surface area contributed by atoms with Crippen molar-refractivity contribution in [2.45, 2.75) is 79.6 Å². The third-order valence-corrected chi connectivity index (χ3v) is 5.13. The highest BCUT2D eigenvalue weighted by Crippen LogP contribution is 2.35. The number of hydrogen-bond acceptors (Lipinski definition) is 1. The molecule has 0 spiro atoms. The maximum Gasteiger partial charge on any atom is 0.119 e. The summed E-state index contributed by atoms with van der Waals surface area (Å²) >= 11 is 0. The van der Waals surface area contributed by atoms with Gasteiger partial charge in [0.05, 0.1) is 0 Å². The first-order valence-corrected chi connectivity index (χ1v) is 9.24. The standard InChI is InChI=1S/C24H34O/c1-15-10-17(3)20(23(4,5)6)13-18(15)12-19-14-21(24(7,8)9)22(25)11-16(19)2/h10-11,13-14,25H,12H2,1-9H3. The Bertz CT molecular complexity index is 716. The molecule has 0 radical (unpaired) electrons. The van der Waals surface area contributed by atoms with Gasteiger partial charge in [-0.1, -0.05) is 59.7 Å². The van der Waals surface area contributed by atoms with Gasteiger partial charge in [-0.3, -0.25) is 0 Å². The van der Waals surface area contributed by atoms with Crippen LogP contribution in [0.1, 0.15) is 80.5 Å². The molecule has 2 aromatic rings. The molecular weight excluding hydrogens is 304 g/mol. The lowest BCUT2D eigenvalue weighted by Crippen LogP contribution is -2.15. The predicted molar refractivity (Wildman–Crippen MR) is 109 cm³/mol. The van der Waals surface area contributed by atoms with Gasteiger partial charge >= 0.3 is 0 Å². The second-order valence-corrected chi connectivity index (χ2v) is 9.57. The molecule has 1 nitrogen and oxygen atoms in total. The Kier molecular flexibility index (Phi) is 5.10. The van der Waals surface area contributed by atoms with Crippen LogP contribution < -0.4 is 0 Å². The number of hydrogen-bond donors (Lipinski definition) is 1. The molecule has 0 amide bonds. The van der Waals surface area contributed by atoms with E-state index < -0.39 is 0 Å². The van der Waals surface area contributed by atoms with Gasteiger partial charge in [0, 0.05) is 0 Å². The fourth-order valence-corrected chi connectivity index (χ4v) is 3.63. The molecule has 136 valence electrons. The van der Waals surface area contributed by atoms with E-state index >= 15 is 0 Å². The lowest BCUT2D eigenvalue weighted by Gasteiger charge is -2.25. The Balaban J connectivity index is 2.54. The molecule has 0 fully saturated rings. The van der Waals surface area contributed by atoms with Gasteiger partial charge in [0.25, 0.3) is 0 Å². The van der Waals surface area contributed by atoms with E-state index in [4.69, 9.17) is 0 Å². The van der Waals surface area contributed by atoms with Gasteiger partial charge in [-0.2, -0.15) is 0 Å². The number of phenols is 1. The number of aromatic hydroxyl groups is 1. The Morgan fingerprint density at radius 3 is 1.56 bits per heavy atom. The molecule has 0 saturated carbocycles. The van der Waals surface area contributed by atoms with Crippen LogP contribution in [-0.2, 0) is 17.3 Å². The van der Waals surface area contributed by atoms with Gasteiger partial charge in [0.15, 0.2) is 0 Å². The van der Waals surface area contributed by atoms with Crippen molar-refractivity contribution >= 4 is 0 Å². The van der Waals surface area contributed by atoms with Crippen LogP contribution in [0.3, 0.4) is 0 Å². The molecule has 2 rings (SSSR count). The van der Waals surface area contributed by atoms with Crippen molar-refractivity contribution < 1.29 is 5.11 Å². The number of phenolic OH excluding ortho intramolecular Hbond substituents is 1. The minimum absolute atomic E-state index is 0.0641. The molecule has 0 atom stereocenters. The minimum Gasteiger partial charge on any atom is -0.508 e. The van der Waals surface area contributed by atoms with Gasteiger partial charge in [0.1, 0.15) is 5.75 Å². The molecule has 0 aromatic heterocycles. The number of rotatable bonds is 2. The first-order chi connectivity index (χ1) is 11.3. The predicted octanol–water partition coefficient (Wildman–Crippen LogP) is 6.50. The van der Waals surface area contributed by atoms with E-state index in [0.29, 0.717) is 5.75 Å². The van der Waals surface area contributed by atoms with E-state index in [1.54, 1.807) is 0 Å². The second kappa shape index (κ2) is 6.52. The van der Waals surface area contributed by atoms with Crippen LogP contribution in [0.4, 0.5) is 0 Å².